The molecule has 9 heteroatoms. The van der Waals surface area contributed by atoms with Crippen molar-refractivity contribution >= 4 is 22.8 Å². The Kier molecular flexibility index (Phi) is 8.82. The lowest BCUT2D eigenvalue weighted by Gasteiger charge is -2.20. The van der Waals surface area contributed by atoms with E-state index in [4.69, 9.17) is 23.8 Å². The number of amides is 2. The summed E-state index contributed by atoms with van der Waals surface area (Å²) in [6, 6.07) is 13.6. The first kappa shape index (κ1) is 24.2. The van der Waals surface area contributed by atoms with Crippen LogP contribution in [0.3, 0.4) is 0 Å². The number of para-hydroxylation sites is 1. The molecule has 176 valence electrons. The highest BCUT2D eigenvalue weighted by molar-refractivity contribution is 5.99. The first-order valence-corrected chi connectivity index (χ1v) is 10.7. The Bertz CT molecular complexity index is 1060. The summed E-state index contributed by atoms with van der Waals surface area (Å²) in [5.74, 6) is -0.388. The number of methoxy groups -OCH3 is 1. The number of hydroxylamine groups is 1. The Morgan fingerprint density at radius 2 is 1.82 bits per heavy atom. The van der Waals surface area contributed by atoms with Gasteiger partial charge in [0.05, 0.1) is 19.8 Å². The number of fused-ring (bicyclic) bond motifs is 1. The standard InChI is InChI=1S/C24H28N2O7/c1-3-6-21(32-17-11-9-16(10-12-17)23(27)26-29)25-24(28)22-19(15-31-14-13-30-2)18-7-4-5-8-20(18)33-22/h4-5,7-12,21,29H,3,6,13-15H2,1-2H3,(H,25,28)(H,26,27). The molecule has 0 spiro atoms. The Morgan fingerprint density at radius 3 is 2.52 bits per heavy atom. The number of rotatable bonds is 12. The van der Waals surface area contributed by atoms with Crippen LogP contribution in [0.2, 0.25) is 0 Å². The van der Waals surface area contributed by atoms with Crippen LogP contribution in [0, 0.1) is 0 Å². The van der Waals surface area contributed by atoms with E-state index in [1.54, 1.807) is 30.8 Å². The van der Waals surface area contributed by atoms with Crippen molar-refractivity contribution in [3.05, 3.63) is 65.4 Å². The third-order valence-electron chi connectivity index (χ3n) is 4.92. The van der Waals surface area contributed by atoms with Crippen molar-refractivity contribution < 1.29 is 33.4 Å². The first-order chi connectivity index (χ1) is 16.1. The molecule has 9 nitrogen and oxygen atoms in total. The van der Waals surface area contributed by atoms with Gasteiger partial charge in [0, 0.05) is 30.0 Å². The van der Waals surface area contributed by atoms with Crippen LogP contribution < -0.4 is 15.5 Å². The monoisotopic (exact) mass is 456 g/mol. The van der Waals surface area contributed by atoms with Crippen molar-refractivity contribution in [1.82, 2.24) is 10.8 Å². The number of hydrogen-bond acceptors (Lipinski definition) is 7. The molecule has 1 atom stereocenters. The van der Waals surface area contributed by atoms with Crippen molar-refractivity contribution in [2.75, 3.05) is 20.3 Å². The molecule has 2 aromatic carbocycles. The normalized spacial score (nSPS) is 11.8. The molecular formula is C24H28N2O7. The molecule has 3 N–H and O–H groups in total. The van der Waals surface area contributed by atoms with Gasteiger partial charge in [-0.3, -0.25) is 14.8 Å². The zero-order chi connectivity index (χ0) is 23.6. The van der Waals surface area contributed by atoms with E-state index in [0.29, 0.717) is 36.5 Å². The van der Waals surface area contributed by atoms with Gasteiger partial charge in [-0.1, -0.05) is 31.5 Å². The average Bonchev–Trinajstić information content (AvgIpc) is 3.21. The van der Waals surface area contributed by atoms with Crippen LogP contribution in [0.15, 0.2) is 52.9 Å². The topological polar surface area (TPSA) is 119 Å². The third-order valence-corrected chi connectivity index (χ3v) is 4.92. The van der Waals surface area contributed by atoms with Crippen molar-refractivity contribution in [3.63, 3.8) is 0 Å². The van der Waals surface area contributed by atoms with Gasteiger partial charge in [-0.05, 0) is 30.3 Å². The molecule has 0 fully saturated rings. The van der Waals surface area contributed by atoms with Crippen LogP contribution in [-0.4, -0.2) is 43.6 Å². The van der Waals surface area contributed by atoms with E-state index in [1.807, 2.05) is 25.1 Å². The molecule has 1 unspecified atom stereocenters. The van der Waals surface area contributed by atoms with E-state index >= 15 is 0 Å². The molecule has 3 rings (SSSR count). The van der Waals surface area contributed by atoms with Crippen LogP contribution in [-0.2, 0) is 16.1 Å². The molecule has 2 amide bonds. The summed E-state index contributed by atoms with van der Waals surface area (Å²) in [6.07, 6.45) is 0.712. The quantitative estimate of drug-likeness (QED) is 0.165. The Hall–Kier alpha value is -3.40. The summed E-state index contributed by atoms with van der Waals surface area (Å²) >= 11 is 0. The number of ether oxygens (including phenoxy) is 3. The summed E-state index contributed by atoms with van der Waals surface area (Å²) < 4.78 is 22.5. The molecule has 0 saturated heterocycles. The smallest absolute Gasteiger partial charge is 0.290 e. The van der Waals surface area contributed by atoms with E-state index in [1.165, 1.54) is 12.1 Å². The van der Waals surface area contributed by atoms with Crippen molar-refractivity contribution in [2.45, 2.75) is 32.6 Å². The molecular weight excluding hydrogens is 428 g/mol. The van der Waals surface area contributed by atoms with Crippen molar-refractivity contribution in [1.29, 1.82) is 0 Å². The summed E-state index contributed by atoms with van der Waals surface area (Å²) in [5.41, 5.74) is 3.12. The highest BCUT2D eigenvalue weighted by Crippen LogP contribution is 2.27. The number of carbonyl (C=O) groups excluding carboxylic acids is 2. The second-order valence-electron chi connectivity index (χ2n) is 7.29. The predicted octanol–water partition coefficient (Wildman–Crippen LogP) is 3.65. The Balaban J connectivity index is 1.76. The molecule has 0 aliphatic heterocycles. The maximum absolute atomic E-state index is 13.1. The summed E-state index contributed by atoms with van der Waals surface area (Å²) in [5, 5.41) is 12.4. The summed E-state index contributed by atoms with van der Waals surface area (Å²) in [7, 11) is 1.60. The highest BCUT2D eigenvalue weighted by atomic mass is 16.5. The zero-order valence-electron chi connectivity index (χ0n) is 18.6. The SMILES string of the molecule is CCCC(NC(=O)c1oc2ccccc2c1COCCOC)Oc1ccc(C(=O)NO)cc1. The fourth-order valence-electron chi connectivity index (χ4n) is 3.29. The van der Waals surface area contributed by atoms with Gasteiger partial charge >= 0.3 is 0 Å². The molecule has 0 saturated carbocycles. The number of hydrogen-bond donors (Lipinski definition) is 3. The van der Waals surface area contributed by atoms with Gasteiger partial charge in [0.1, 0.15) is 11.3 Å². The number of carbonyl (C=O) groups is 2. The van der Waals surface area contributed by atoms with E-state index in [-0.39, 0.29) is 17.9 Å². The number of furan rings is 1. The number of benzene rings is 2. The van der Waals surface area contributed by atoms with E-state index in [2.05, 4.69) is 5.32 Å². The predicted molar refractivity (Wildman–Crippen MR) is 120 cm³/mol. The minimum absolute atomic E-state index is 0.174. The minimum Gasteiger partial charge on any atom is -0.471 e. The molecule has 0 aliphatic carbocycles. The lowest BCUT2D eigenvalue weighted by atomic mass is 10.1. The highest BCUT2D eigenvalue weighted by Gasteiger charge is 2.23. The summed E-state index contributed by atoms with van der Waals surface area (Å²) in [6.45, 7) is 3.02. The van der Waals surface area contributed by atoms with Gasteiger partial charge in [0.25, 0.3) is 11.8 Å². The fourth-order valence-corrected chi connectivity index (χ4v) is 3.29. The van der Waals surface area contributed by atoms with Crippen molar-refractivity contribution in [3.8, 4) is 5.75 Å². The van der Waals surface area contributed by atoms with Crippen molar-refractivity contribution in [2.24, 2.45) is 0 Å². The Labute approximate surface area is 191 Å². The van der Waals surface area contributed by atoms with Gasteiger partial charge in [-0.15, -0.1) is 0 Å². The van der Waals surface area contributed by atoms with Gasteiger partial charge in [0.15, 0.2) is 12.0 Å². The molecule has 0 aliphatic rings. The molecule has 0 radical (unpaired) electrons. The largest absolute Gasteiger partial charge is 0.471 e. The molecule has 0 bridgehead atoms. The first-order valence-electron chi connectivity index (χ1n) is 10.7. The average molecular weight is 456 g/mol. The van der Waals surface area contributed by atoms with E-state index < -0.39 is 18.0 Å². The molecule has 33 heavy (non-hydrogen) atoms. The lowest BCUT2D eigenvalue weighted by Crippen LogP contribution is -2.39. The third kappa shape index (κ3) is 6.32. The maximum atomic E-state index is 13.1. The summed E-state index contributed by atoms with van der Waals surface area (Å²) in [4.78, 5) is 24.6. The second-order valence-corrected chi connectivity index (χ2v) is 7.29. The van der Waals surface area contributed by atoms with Crippen LogP contribution in [0.4, 0.5) is 0 Å². The van der Waals surface area contributed by atoms with Gasteiger partial charge < -0.3 is 23.9 Å². The van der Waals surface area contributed by atoms with E-state index in [9.17, 15) is 9.59 Å². The lowest BCUT2D eigenvalue weighted by molar-refractivity contribution is 0.0602. The fraction of sp³-hybridized carbons (Fsp3) is 0.333. The molecule has 1 heterocycles. The van der Waals surface area contributed by atoms with Crippen LogP contribution >= 0.6 is 0 Å². The number of nitrogens with one attached hydrogen (secondary N) is 2. The molecule has 3 aromatic rings. The Morgan fingerprint density at radius 1 is 1.06 bits per heavy atom. The van der Waals surface area contributed by atoms with Gasteiger partial charge in [0.2, 0.25) is 0 Å². The minimum atomic E-state index is -0.620. The second kappa shape index (κ2) is 12.0. The van der Waals surface area contributed by atoms with Gasteiger partial charge in [-0.2, -0.15) is 0 Å². The van der Waals surface area contributed by atoms with Crippen LogP contribution in [0.25, 0.3) is 11.0 Å². The van der Waals surface area contributed by atoms with E-state index in [0.717, 1.165) is 11.8 Å². The molecule has 1 aromatic heterocycles. The maximum Gasteiger partial charge on any atom is 0.290 e. The zero-order valence-corrected chi connectivity index (χ0v) is 18.6. The van der Waals surface area contributed by atoms with Gasteiger partial charge in [-0.25, -0.2) is 5.48 Å². The van der Waals surface area contributed by atoms with Crippen LogP contribution in [0.1, 0.15) is 46.2 Å². The van der Waals surface area contributed by atoms with Crippen LogP contribution in [0.5, 0.6) is 5.75 Å².